The van der Waals surface area contributed by atoms with Crippen molar-refractivity contribution in [1.29, 1.82) is 0 Å². The summed E-state index contributed by atoms with van der Waals surface area (Å²) < 4.78 is 7.90. The molecule has 1 unspecified atom stereocenters. The van der Waals surface area contributed by atoms with E-state index in [-0.39, 0.29) is 11.8 Å². The topological polar surface area (TPSA) is 50.1 Å². The van der Waals surface area contributed by atoms with Gasteiger partial charge in [0, 0.05) is 50.9 Å². The van der Waals surface area contributed by atoms with Crippen LogP contribution in [0, 0.1) is 0 Å². The fourth-order valence-corrected chi connectivity index (χ4v) is 4.78. The van der Waals surface area contributed by atoms with Crippen molar-refractivity contribution in [3.8, 4) is 5.75 Å². The fraction of sp³-hybridized carbons (Fsp3) is 0.286. The molecule has 0 saturated carbocycles. The molecule has 0 radical (unpaired) electrons. The van der Waals surface area contributed by atoms with Crippen LogP contribution in [0.5, 0.6) is 5.75 Å². The minimum absolute atomic E-state index is 0.0530. The molecule has 1 aliphatic rings. The molecule has 2 aromatic heterocycles. The highest BCUT2D eigenvalue weighted by atomic mass is 16.5. The minimum Gasteiger partial charge on any atom is -0.492 e. The molecular weight excluding hydrogens is 424 g/mol. The number of anilines is 1. The molecule has 4 aromatic rings. The summed E-state index contributed by atoms with van der Waals surface area (Å²) in [5.74, 6) is 1.03. The Bertz CT molecular complexity index is 1250. The van der Waals surface area contributed by atoms with E-state index in [0.717, 1.165) is 41.4 Å². The Morgan fingerprint density at radius 2 is 1.68 bits per heavy atom. The molecule has 0 spiro atoms. The lowest BCUT2D eigenvalue weighted by molar-refractivity contribution is -0.131. The maximum Gasteiger partial charge on any atom is 0.223 e. The van der Waals surface area contributed by atoms with Gasteiger partial charge in [-0.15, -0.1) is 0 Å². The number of carbonyl (C=O) groups excluding carboxylic acids is 1. The number of ether oxygens (including phenoxy) is 1. The molecular formula is C28H30N4O2. The lowest BCUT2D eigenvalue weighted by Crippen LogP contribution is -2.49. The third-order valence-electron chi connectivity index (χ3n) is 6.52. The minimum atomic E-state index is -0.0530. The zero-order chi connectivity index (χ0) is 23.3. The van der Waals surface area contributed by atoms with Crippen molar-refractivity contribution < 1.29 is 9.53 Å². The number of carbonyl (C=O) groups is 1. The van der Waals surface area contributed by atoms with Gasteiger partial charge in [-0.25, -0.2) is 4.98 Å². The molecule has 0 bridgehead atoms. The first kappa shape index (κ1) is 22.0. The van der Waals surface area contributed by atoms with E-state index in [2.05, 4.69) is 32.5 Å². The van der Waals surface area contributed by atoms with Crippen LogP contribution < -0.4 is 9.64 Å². The molecule has 34 heavy (non-hydrogen) atoms. The molecule has 174 valence electrons. The molecule has 2 aromatic carbocycles. The number of imidazole rings is 1. The van der Waals surface area contributed by atoms with E-state index >= 15 is 0 Å². The second kappa shape index (κ2) is 10.00. The maximum atomic E-state index is 13.5. The van der Waals surface area contributed by atoms with Gasteiger partial charge in [0.05, 0.1) is 18.0 Å². The number of amides is 1. The number of hydrogen-bond acceptors (Lipinski definition) is 4. The van der Waals surface area contributed by atoms with Crippen LogP contribution in [0.15, 0.2) is 85.2 Å². The van der Waals surface area contributed by atoms with Crippen LogP contribution in [0.2, 0.25) is 0 Å². The number of fused-ring (bicyclic) bond motifs is 1. The van der Waals surface area contributed by atoms with E-state index in [9.17, 15) is 4.79 Å². The first-order valence-electron chi connectivity index (χ1n) is 12.0. The Labute approximate surface area is 200 Å². The number of benzene rings is 2. The van der Waals surface area contributed by atoms with Crippen molar-refractivity contribution in [2.45, 2.75) is 19.3 Å². The van der Waals surface area contributed by atoms with Crippen molar-refractivity contribution in [2.75, 3.05) is 37.7 Å². The van der Waals surface area contributed by atoms with E-state index in [0.29, 0.717) is 26.1 Å². The van der Waals surface area contributed by atoms with Crippen molar-refractivity contribution in [2.24, 2.45) is 0 Å². The van der Waals surface area contributed by atoms with Crippen LogP contribution in [0.25, 0.3) is 5.65 Å². The van der Waals surface area contributed by atoms with Gasteiger partial charge in [0.25, 0.3) is 0 Å². The monoisotopic (exact) mass is 454 g/mol. The van der Waals surface area contributed by atoms with Gasteiger partial charge in [-0.05, 0) is 36.8 Å². The molecule has 0 aliphatic carbocycles. The molecule has 3 heterocycles. The highest BCUT2D eigenvalue weighted by Gasteiger charge is 2.27. The number of para-hydroxylation sites is 2. The van der Waals surface area contributed by atoms with E-state index in [1.165, 1.54) is 0 Å². The Balaban J connectivity index is 1.32. The number of nitrogens with zero attached hydrogens (tertiary/aromatic N) is 4. The van der Waals surface area contributed by atoms with Gasteiger partial charge >= 0.3 is 0 Å². The molecule has 1 aliphatic heterocycles. The van der Waals surface area contributed by atoms with Crippen molar-refractivity contribution >= 4 is 17.2 Å². The van der Waals surface area contributed by atoms with Crippen LogP contribution in [-0.4, -0.2) is 53.0 Å². The van der Waals surface area contributed by atoms with E-state index in [1.807, 2.05) is 78.8 Å². The number of hydrogen-bond donors (Lipinski definition) is 0. The normalized spacial score (nSPS) is 14.9. The standard InChI is InChI=1S/C28H30N4O2/c1-2-34-26-13-7-6-12-24(26)30-16-18-31(19-17-30)28(33)20-23(22-10-4-3-5-11-22)25-21-29-27-14-8-9-15-32(25)27/h3-15,21,23H,2,16-20H2,1H3. The van der Waals surface area contributed by atoms with Crippen LogP contribution in [-0.2, 0) is 4.79 Å². The van der Waals surface area contributed by atoms with Gasteiger partial charge in [0.1, 0.15) is 11.4 Å². The molecule has 6 heteroatoms. The summed E-state index contributed by atoms with van der Waals surface area (Å²) in [6.07, 6.45) is 4.35. The predicted molar refractivity (Wildman–Crippen MR) is 134 cm³/mol. The van der Waals surface area contributed by atoms with Crippen LogP contribution in [0.3, 0.4) is 0 Å². The third kappa shape index (κ3) is 4.49. The van der Waals surface area contributed by atoms with Crippen molar-refractivity contribution in [3.05, 3.63) is 96.4 Å². The maximum absolute atomic E-state index is 13.5. The molecule has 6 nitrogen and oxygen atoms in total. The highest BCUT2D eigenvalue weighted by molar-refractivity contribution is 5.78. The average molecular weight is 455 g/mol. The summed E-state index contributed by atoms with van der Waals surface area (Å²) in [6, 6.07) is 24.4. The van der Waals surface area contributed by atoms with Crippen LogP contribution >= 0.6 is 0 Å². The lowest BCUT2D eigenvalue weighted by atomic mass is 9.92. The van der Waals surface area contributed by atoms with Gasteiger partial charge < -0.3 is 18.9 Å². The van der Waals surface area contributed by atoms with Gasteiger partial charge in [0.2, 0.25) is 5.91 Å². The lowest BCUT2D eigenvalue weighted by Gasteiger charge is -2.37. The molecule has 5 rings (SSSR count). The SMILES string of the molecule is CCOc1ccccc1N1CCN(C(=O)CC(c2ccccc2)c2cnc3ccccn23)CC1. The smallest absolute Gasteiger partial charge is 0.223 e. The second-order valence-electron chi connectivity index (χ2n) is 8.55. The van der Waals surface area contributed by atoms with Gasteiger partial charge in [-0.1, -0.05) is 48.5 Å². The molecule has 0 N–H and O–H groups in total. The molecule has 1 amide bonds. The third-order valence-corrected chi connectivity index (χ3v) is 6.52. The summed E-state index contributed by atoms with van der Waals surface area (Å²) in [5, 5.41) is 0. The van der Waals surface area contributed by atoms with Crippen LogP contribution in [0.1, 0.15) is 30.5 Å². The zero-order valence-electron chi connectivity index (χ0n) is 19.5. The summed E-state index contributed by atoms with van der Waals surface area (Å²) in [7, 11) is 0. The highest BCUT2D eigenvalue weighted by Crippen LogP contribution is 2.31. The van der Waals surface area contributed by atoms with E-state index in [4.69, 9.17) is 4.74 Å². The van der Waals surface area contributed by atoms with Gasteiger partial charge in [-0.3, -0.25) is 4.79 Å². The predicted octanol–water partition coefficient (Wildman–Crippen LogP) is 4.60. The van der Waals surface area contributed by atoms with E-state index in [1.54, 1.807) is 0 Å². The molecule has 1 atom stereocenters. The van der Waals surface area contributed by atoms with Crippen molar-refractivity contribution in [3.63, 3.8) is 0 Å². The Hall–Kier alpha value is -3.80. The summed E-state index contributed by atoms with van der Waals surface area (Å²) in [6.45, 7) is 5.63. The number of pyridine rings is 1. The summed E-state index contributed by atoms with van der Waals surface area (Å²) in [5.41, 5.74) is 4.17. The van der Waals surface area contributed by atoms with Gasteiger partial charge in [-0.2, -0.15) is 0 Å². The number of rotatable bonds is 7. The zero-order valence-corrected chi connectivity index (χ0v) is 19.5. The quantitative estimate of drug-likeness (QED) is 0.409. The first-order chi connectivity index (χ1) is 16.7. The number of aromatic nitrogens is 2. The first-order valence-corrected chi connectivity index (χ1v) is 12.0. The largest absolute Gasteiger partial charge is 0.492 e. The number of piperazine rings is 1. The summed E-state index contributed by atoms with van der Waals surface area (Å²) >= 11 is 0. The van der Waals surface area contributed by atoms with E-state index < -0.39 is 0 Å². The second-order valence-corrected chi connectivity index (χ2v) is 8.55. The van der Waals surface area contributed by atoms with Gasteiger partial charge in [0.15, 0.2) is 0 Å². The Morgan fingerprint density at radius 3 is 2.47 bits per heavy atom. The Kier molecular flexibility index (Phi) is 6.47. The summed E-state index contributed by atoms with van der Waals surface area (Å²) in [4.78, 5) is 22.4. The molecule has 1 saturated heterocycles. The average Bonchev–Trinajstić information content (AvgIpc) is 3.32. The fourth-order valence-electron chi connectivity index (χ4n) is 4.78. The van der Waals surface area contributed by atoms with Crippen molar-refractivity contribution in [1.82, 2.24) is 14.3 Å². The Morgan fingerprint density at radius 1 is 0.941 bits per heavy atom. The van der Waals surface area contributed by atoms with Crippen LogP contribution in [0.4, 0.5) is 5.69 Å². The molecule has 1 fully saturated rings.